The molecule has 0 aliphatic heterocycles. The molecule has 0 radical (unpaired) electrons. The van der Waals surface area contributed by atoms with Gasteiger partial charge in [0.25, 0.3) is 5.91 Å². The molecule has 0 aliphatic carbocycles. The summed E-state index contributed by atoms with van der Waals surface area (Å²) in [6.45, 7) is 5.70. The molecular formula is C27H24N6O. The lowest BCUT2D eigenvalue weighted by molar-refractivity contribution is 0.102. The molecule has 0 saturated carbocycles. The van der Waals surface area contributed by atoms with Gasteiger partial charge in [-0.1, -0.05) is 24.1 Å². The van der Waals surface area contributed by atoms with Gasteiger partial charge in [-0.3, -0.25) is 14.8 Å². The van der Waals surface area contributed by atoms with Gasteiger partial charge < -0.3 is 11.1 Å². The average molecular weight is 449 g/mol. The van der Waals surface area contributed by atoms with Gasteiger partial charge in [-0.2, -0.15) is 0 Å². The van der Waals surface area contributed by atoms with Crippen LogP contribution >= 0.6 is 0 Å². The highest BCUT2D eigenvalue weighted by Gasteiger charge is 2.20. The van der Waals surface area contributed by atoms with Gasteiger partial charge in [0.15, 0.2) is 0 Å². The minimum atomic E-state index is -0.575. The van der Waals surface area contributed by atoms with Gasteiger partial charge in [0.2, 0.25) is 0 Å². The fourth-order valence-electron chi connectivity index (χ4n) is 3.46. The summed E-state index contributed by atoms with van der Waals surface area (Å²) < 4.78 is 0. The van der Waals surface area contributed by atoms with Crippen molar-refractivity contribution in [1.29, 1.82) is 0 Å². The maximum atomic E-state index is 12.9. The van der Waals surface area contributed by atoms with E-state index >= 15 is 0 Å². The molecule has 0 aliphatic rings. The number of rotatable bonds is 5. The number of anilines is 2. The molecule has 0 spiro atoms. The minimum Gasteiger partial charge on any atom is -0.384 e. The van der Waals surface area contributed by atoms with Crippen molar-refractivity contribution in [2.75, 3.05) is 11.1 Å². The van der Waals surface area contributed by atoms with Gasteiger partial charge >= 0.3 is 0 Å². The molecule has 1 amide bonds. The van der Waals surface area contributed by atoms with E-state index in [1.54, 1.807) is 30.6 Å². The number of hydrogen-bond donors (Lipinski definition) is 2. The number of nitrogens with one attached hydrogen (secondary N) is 1. The number of pyridine rings is 2. The Kier molecular flexibility index (Phi) is 6.07. The second kappa shape index (κ2) is 9.12. The standard InChI is InChI=1S/C27H24N6O/c1-5-27(3,4)24-12-20(9-10-29-24)26(34)33-21-13-22(17(2)30-15-21)18-7-6-8-19(11-18)23-14-25(28)32-16-31-23/h1,6-16H,2-4H3,(H,33,34)(H2,28,31,32). The Bertz CT molecular complexity index is 1420. The van der Waals surface area contributed by atoms with Crippen LogP contribution in [0.15, 0.2) is 67.3 Å². The summed E-state index contributed by atoms with van der Waals surface area (Å²) >= 11 is 0. The van der Waals surface area contributed by atoms with Gasteiger partial charge in [0.1, 0.15) is 12.1 Å². The van der Waals surface area contributed by atoms with Crippen LogP contribution in [0.5, 0.6) is 0 Å². The van der Waals surface area contributed by atoms with Crippen LogP contribution in [0.2, 0.25) is 0 Å². The molecule has 0 unspecified atom stereocenters. The Morgan fingerprint density at radius 2 is 1.82 bits per heavy atom. The molecule has 4 aromatic rings. The zero-order chi connectivity index (χ0) is 24.3. The largest absolute Gasteiger partial charge is 0.384 e. The number of aromatic nitrogens is 4. The Morgan fingerprint density at radius 1 is 1.03 bits per heavy atom. The van der Waals surface area contributed by atoms with Gasteiger partial charge in [-0.25, -0.2) is 9.97 Å². The van der Waals surface area contributed by atoms with Gasteiger partial charge in [0.05, 0.1) is 28.7 Å². The monoisotopic (exact) mass is 448 g/mol. The molecule has 0 saturated heterocycles. The van der Waals surface area contributed by atoms with Crippen molar-refractivity contribution < 1.29 is 4.79 Å². The number of carbonyl (C=O) groups excluding carboxylic acids is 1. The number of nitrogens with two attached hydrogens (primary N) is 1. The summed E-state index contributed by atoms with van der Waals surface area (Å²) in [5.41, 5.74) is 11.2. The highest BCUT2D eigenvalue weighted by atomic mass is 16.1. The first-order valence-corrected chi connectivity index (χ1v) is 10.7. The Hall–Kier alpha value is -4.57. The molecule has 168 valence electrons. The molecule has 34 heavy (non-hydrogen) atoms. The smallest absolute Gasteiger partial charge is 0.255 e. The molecule has 0 fully saturated rings. The summed E-state index contributed by atoms with van der Waals surface area (Å²) in [5, 5.41) is 2.93. The van der Waals surface area contributed by atoms with Gasteiger partial charge in [0, 0.05) is 34.6 Å². The molecule has 0 bridgehead atoms. The number of terminal acetylenes is 1. The van der Waals surface area contributed by atoms with Crippen molar-refractivity contribution in [3.8, 4) is 34.7 Å². The van der Waals surface area contributed by atoms with Crippen LogP contribution in [0.25, 0.3) is 22.4 Å². The lowest BCUT2D eigenvalue weighted by atomic mass is 9.89. The van der Waals surface area contributed by atoms with Crippen LogP contribution < -0.4 is 11.1 Å². The van der Waals surface area contributed by atoms with E-state index in [0.29, 0.717) is 22.8 Å². The molecule has 0 atom stereocenters. The van der Waals surface area contributed by atoms with Crippen molar-refractivity contribution in [2.24, 2.45) is 0 Å². The summed E-state index contributed by atoms with van der Waals surface area (Å²) in [7, 11) is 0. The van der Waals surface area contributed by atoms with Crippen LogP contribution in [0, 0.1) is 19.3 Å². The van der Waals surface area contributed by atoms with E-state index in [9.17, 15) is 4.79 Å². The average Bonchev–Trinajstić information content (AvgIpc) is 2.85. The maximum Gasteiger partial charge on any atom is 0.255 e. The van der Waals surface area contributed by atoms with E-state index in [1.165, 1.54) is 6.33 Å². The van der Waals surface area contributed by atoms with Crippen molar-refractivity contribution >= 4 is 17.4 Å². The van der Waals surface area contributed by atoms with Crippen LogP contribution in [0.4, 0.5) is 11.5 Å². The molecule has 1 aromatic carbocycles. The Balaban J connectivity index is 1.63. The highest BCUT2D eigenvalue weighted by molar-refractivity contribution is 6.04. The van der Waals surface area contributed by atoms with E-state index in [4.69, 9.17) is 12.2 Å². The number of nitrogens with zero attached hydrogens (tertiary/aromatic N) is 4. The molecular weight excluding hydrogens is 424 g/mol. The first kappa shape index (κ1) is 22.6. The van der Waals surface area contributed by atoms with Gasteiger partial charge in [-0.05, 0) is 50.6 Å². The molecule has 7 heteroatoms. The second-order valence-electron chi connectivity index (χ2n) is 8.42. The Labute approximate surface area is 198 Å². The molecule has 3 aromatic heterocycles. The number of carbonyl (C=O) groups is 1. The fraction of sp³-hybridized carbons (Fsp3) is 0.148. The summed E-state index contributed by atoms with van der Waals surface area (Å²) in [5.74, 6) is 2.85. The van der Waals surface area contributed by atoms with Crippen molar-refractivity contribution in [2.45, 2.75) is 26.2 Å². The zero-order valence-corrected chi connectivity index (χ0v) is 19.2. The summed E-state index contributed by atoms with van der Waals surface area (Å²) in [6.07, 6.45) is 10.3. The third-order valence-corrected chi connectivity index (χ3v) is 5.53. The predicted octanol–water partition coefficient (Wildman–Crippen LogP) is 4.65. The van der Waals surface area contributed by atoms with E-state index in [-0.39, 0.29) is 5.91 Å². The normalized spacial score (nSPS) is 11.0. The highest BCUT2D eigenvalue weighted by Crippen LogP contribution is 2.29. The van der Waals surface area contributed by atoms with E-state index < -0.39 is 5.41 Å². The van der Waals surface area contributed by atoms with Gasteiger partial charge in [-0.15, -0.1) is 6.42 Å². The van der Waals surface area contributed by atoms with Crippen molar-refractivity contribution in [1.82, 2.24) is 19.9 Å². The van der Waals surface area contributed by atoms with E-state index in [1.807, 2.05) is 51.1 Å². The zero-order valence-electron chi connectivity index (χ0n) is 19.2. The lowest BCUT2D eigenvalue weighted by Gasteiger charge is -2.17. The molecule has 3 heterocycles. The quantitative estimate of drug-likeness (QED) is 0.430. The summed E-state index contributed by atoms with van der Waals surface area (Å²) in [4.78, 5) is 30.0. The second-order valence-corrected chi connectivity index (χ2v) is 8.42. The molecule has 3 N–H and O–H groups in total. The first-order chi connectivity index (χ1) is 16.3. The number of benzene rings is 1. The third-order valence-electron chi connectivity index (χ3n) is 5.53. The Morgan fingerprint density at radius 3 is 2.59 bits per heavy atom. The lowest BCUT2D eigenvalue weighted by Crippen LogP contribution is -2.18. The van der Waals surface area contributed by atoms with E-state index in [0.717, 1.165) is 28.1 Å². The number of hydrogen-bond acceptors (Lipinski definition) is 6. The van der Waals surface area contributed by atoms with E-state index in [2.05, 4.69) is 31.2 Å². The topological polar surface area (TPSA) is 107 Å². The first-order valence-electron chi connectivity index (χ1n) is 10.7. The third kappa shape index (κ3) is 4.76. The molecule has 7 nitrogen and oxygen atoms in total. The van der Waals surface area contributed by atoms with Crippen LogP contribution in [0.3, 0.4) is 0 Å². The number of amides is 1. The maximum absolute atomic E-state index is 12.9. The summed E-state index contributed by atoms with van der Waals surface area (Å²) in [6, 6.07) is 14.9. The van der Waals surface area contributed by atoms with Crippen molar-refractivity contribution in [3.05, 3.63) is 84.2 Å². The minimum absolute atomic E-state index is 0.265. The van der Waals surface area contributed by atoms with Crippen LogP contribution in [-0.4, -0.2) is 25.8 Å². The van der Waals surface area contributed by atoms with Crippen molar-refractivity contribution in [3.63, 3.8) is 0 Å². The SMILES string of the molecule is C#CC(C)(C)c1cc(C(=O)Nc2cnc(C)c(-c3cccc(-c4cc(N)ncn4)c3)c2)ccn1. The van der Waals surface area contributed by atoms with Crippen LogP contribution in [0.1, 0.15) is 35.6 Å². The number of aryl methyl sites for hydroxylation is 1. The molecule has 4 rings (SSSR count). The van der Waals surface area contributed by atoms with Crippen LogP contribution in [-0.2, 0) is 5.41 Å². The predicted molar refractivity (Wildman–Crippen MR) is 134 cm³/mol. The fourth-order valence-corrected chi connectivity index (χ4v) is 3.46. The number of nitrogen functional groups attached to an aromatic ring is 1.